The highest BCUT2D eigenvalue weighted by Crippen LogP contribution is 2.31. The van der Waals surface area contributed by atoms with Gasteiger partial charge < -0.3 is 9.47 Å². The number of rotatable bonds is 3. The van der Waals surface area contributed by atoms with E-state index in [-0.39, 0.29) is 22.3 Å². The molecule has 0 radical (unpaired) electrons. The van der Waals surface area contributed by atoms with Crippen LogP contribution >= 0.6 is 0 Å². The number of hydrogen-bond donors (Lipinski definition) is 0. The molecule has 0 N–H and O–H groups in total. The smallest absolute Gasteiger partial charge is 0.273 e. The van der Waals surface area contributed by atoms with E-state index in [4.69, 9.17) is 9.47 Å². The van der Waals surface area contributed by atoms with Crippen LogP contribution < -0.4 is 0 Å². The van der Waals surface area contributed by atoms with Crippen LogP contribution in [0, 0.1) is 10.1 Å². The molecular weight excluding hydrogens is 272 g/mol. The van der Waals surface area contributed by atoms with Crippen LogP contribution in [0.4, 0.5) is 5.69 Å². The number of nitrogens with zero attached hydrogens (tertiary/aromatic N) is 2. The van der Waals surface area contributed by atoms with Crippen molar-refractivity contribution in [1.29, 1.82) is 0 Å². The monoisotopic (exact) mass is 292 g/mol. The Balaban J connectivity index is 1.77. The quantitative estimate of drug-likeness (QED) is 0.629. The maximum absolute atomic E-state index is 11.1. The van der Waals surface area contributed by atoms with Crippen LogP contribution in [0.2, 0.25) is 0 Å². The number of nitro benzene ring substituents is 1. The van der Waals surface area contributed by atoms with Crippen molar-refractivity contribution in [3.8, 4) is 0 Å². The summed E-state index contributed by atoms with van der Waals surface area (Å²) in [6.07, 6.45) is 1.01. The van der Waals surface area contributed by atoms with E-state index in [0.29, 0.717) is 13.2 Å². The topological polar surface area (TPSA) is 64.8 Å². The molecular formula is C15H20N2O4. The Morgan fingerprint density at radius 1 is 1.48 bits per heavy atom. The van der Waals surface area contributed by atoms with Crippen molar-refractivity contribution in [3.63, 3.8) is 0 Å². The lowest BCUT2D eigenvalue weighted by molar-refractivity contribution is -0.385. The van der Waals surface area contributed by atoms with Crippen LogP contribution in [0.25, 0.3) is 0 Å². The first kappa shape index (κ1) is 14.4. The van der Waals surface area contributed by atoms with Crippen LogP contribution in [0.15, 0.2) is 24.3 Å². The fraction of sp³-hybridized carbons (Fsp3) is 0.600. The zero-order chi connectivity index (χ0) is 14.9. The fourth-order valence-corrected chi connectivity index (χ4v) is 3.33. The second-order valence-electron chi connectivity index (χ2n) is 5.97. The molecule has 0 saturated carbocycles. The van der Waals surface area contributed by atoms with E-state index < -0.39 is 0 Å². The molecule has 2 heterocycles. The molecule has 21 heavy (non-hydrogen) atoms. The molecule has 2 aliphatic heterocycles. The third-order valence-corrected chi connectivity index (χ3v) is 4.13. The van der Waals surface area contributed by atoms with E-state index in [1.807, 2.05) is 19.1 Å². The van der Waals surface area contributed by atoms with Gasteiger partial charge in [0.2, 0.25) is 0 Å². The summed E-state index contributed by atoms with van der Waals surface area (Å²) < 4.78 is 11.6. The molecule has 0 amide bonds. The van der Waals surface area contributed by atoms with Gasteiger partial charge in [-0.15, -0.1) is 0 Å². The normalized spacial score (nSPS) is 29.9. The molecule has 6 nitrogen and oxygen atoms in total. The summed E-state index contributed by atoms with van der Waals surface area (Å²) >= 11 is 0. The zero-order valence-electron chi connectivity index (χ0n) is 12.2. The van der Waals surface area contributed by atoms with Crippen LogP contribution in [0.1, 0.15) is 18.9 Å². The summed E-state index contributed by atoms with van der Waals surface area (Å²) in [5, 5.41) is 11.1. The van der Waals surface area contributed by atoms with Crippen molar-refractivity contribution in [1.82, 2.24) is 4.90 Å². The van der Waals surface area contributed by atoms with Gasteiger partial charge in [-0.05, 0) is 6.92 Å². The molecule has 1 aromatic rings. The zero-order valence-corrected chi connectivity index (χ0v) is 12.2. The van der Waals surface area contributed by atoms with Crippen molar-refractivity contribution in [2.45, 2.75) is 31.6 Å². The number of nitro groups is 1. The Kier molecular flexibility index (Phi) is 3.93. The van der Waals surface area contributed by atoms with E-state index in [0.717, 1.165) is 31.7 Å². The highest BCUT2D eigenvalue weighted by atomic mass is 16.6. The summed E-state index contributed by atoms with van der Waals surface area (Å²) in [4.78, 5) is 13.0. The average Bonchev–Trinajstić information content (AvgIpc) is 2.85. The van der Waals surface area contributed by atoms with Gasteiger partial charge in [0.1, 0.15) is 5.60 Å². The molecule has 0 unspecified atom stereocenters. The van der Waals surface area contributed by atoms with Gasteiger partial charge in [-0.25, -0.2) is 0 Å². The van der Waals surface area contributed by atoms with Gasteiger partial charge in [0.15, 0.2) is 0 Å². The van der Waals surface area contributed by atoms with E-state index in [1.165, 1.54) is 0 Å². The Morgan fingerprint density at radius 3 is 3.00 bits per heavy atom. The largest absolute Gasteiger partial charge is 0.378 e. The molecule has 0 bridgehead atoms. The molecule has 2 saturated heterocycles. The number of hydrogen-bond acceptors (Lipinski definition) is 5. The van der Waals surface area contributed by atoms with Crippen LogP contribution in [-0.4, -0.2) is 47.8 Å². The first-order chi connectivity index (χ1) is 10.1. The highest BCUT2D eigenvalue weighted by Gasteiger charge is 2.42. The van der Waals surface area contributed by atoms with E-state index in [1.54, 1.807) is 12.1 Å². The Bertz CT molecular complexity index is 528. The predicted molar refractivity (Wildman–Crippen MR) is 77.1 cm³/mol. The highest BCUT2D eigenvalue weighted by molar-refractivity contribution is 5.39. The van der Waals surface area contributed by atoms with Crippen molar-refractivity contribution in [2.75, 3.05) is 26.3 Å². The van der Waals surface area contributed by atoms with Gasteiger partial charge >= 0.3 is 0 Å². The minimum Gasteiger partial charge on any atom is -0.378 e. The van der Waals surface area contributed by atoms with Gasteiger partial charge in [-0.1, -0.05) is 18.2 Å². The summed E-state index contributed by atoms with van der Waals surface area (Å²) in [6, 6.07) is 6.94. The number of para-hydroxylation sites is 1. The minimum absolute atomic E-state index is 0.114. The molecule has 1 aromatic carbocycles. The maximum atomic E-state index is 11.1. The second-order valence-corrected chi connectivity index (χ2v) is 5.97. The SMILES string of the molecule is C[C@@H]1CN(Cc2ccccc2[N+](=O)[O-])C[C@]2(CCOC2)O1. The lowest BCUT2D eigenvalue weighted by atomic mass is 9.98. The molecule has 114 valence electrons. The number of morpholine rings is 1. The molecule has 0 aliphatic carbocycles. The van der Waals surface area contributed by atoms with Gasteiger partial charge in [-0.3, -0.25) is 15.0 Å². The Morgan fingerprint density at radius 2 is 2.29 bits per heavy atom. The first-order valence-corrected chi connectivity index (χ1v) is 7.28. The molecule has 6 heteroatoms. The average molecular weight is 292 g/mol. The van der Waals surface area contributed by atoms with E-state index in [2.05, 4.69) is 4.90 Å². The van der Waals surface area contributed by atoms with Crippen molar-refractivity contribution in [2.24, 2.45) is 0 Å². The maximum Gasteiger partial charge on any atom is 0.273 e. The summed E-state index contributed by atoms with van der Waals surface area (Å²) in [5.74, 6) is 0. The van der Waals surface area contributed by atoms with E-state index >= 15 is 0 Å². The van der Waals surface area contributed by atoms with Crippen molar-refractivity contribution < 1.29 is 14.4 Å². The number of benzene rings is 1. The van der Waals surface area contributed by atoms with Crippen molar-refractivity contribution in [3.05, 3.63) is 39.9 Å². The third-order valence-electron chi connectivity index (χ3n) is 4.13. The molecule has 1 spiro atoms. The third kappa shape index (κ3) is 3.07. The summed E-state index contributed by atoms with van der Waals surface area (Å²) in [7, 11) is 0. The lowest BCUT2D eigenvalue weighted by Crippen LogP contribution is -2.55. The van der Waals surface area contributed by atoms with Crippen LogP contribution in [0.5, 0.6) is 0 Å². The van der Waals surface area contributed by atoms with Crippen LogP contribution in [-0.2, 0) is 16.0 Å². The van der Waals surface area contributed by atoms with Gasteiger partial charge in [0.05, 0.1) is 17.6 Å². The van der Waals surface area contributed by atoms with Gasteiger partial charge in [-0.2, -0.15) is 0 Å². The first-order valence-electron chi connectivity index (χ1n) is 7.28. The Labute approximate surface area is 123 Å². The summed E-state index contributed by atoms with van der Waals surface area (Å²) in [5.41, 5.74) is 0.709. The van der Waals surface area contributed by atoms with Crippen molar-refractivity contribution >= 4 is 5.69 Å². The molecule has 2 aliphatic rings. The molecule has 2 fully saturated rings. The number of ether oxygens (including phenoxy) is 2. The van der Waals surface area contributed by atoms with Crippen LogP contribution in [0.3, 0.4) is 0 Å². The lowest BCUT2D eigenvalue weighted by Gasteiger charge is -2.42. The summed E-state index contributed by atoms with van der Waals surface area (Å²) in [6.45, 7) is 5.52. The Hall–Kier alpha value is -1.50. The minimum atomic E-state index is -0.312. The molecule has 3 rings (SSSR count). The fourth-order valence-electron chi connectivity index (χ4n) is 3.33. The molecule has 0 aromatic heterocycles. The second kappa shape index (κ2) is 5.71. The molecule has 2 atom stereocenters. The van der Waals surface area contributed by atoms with E-state index in [9.17, 15) is 10.1 Å². The van der Waals surface area contributed by atoms with Gasteiger partial charge in [0, 0.05) is 44.3 Å². The standard InChI is InChI=1S/C15H20N2O4/c1-12-8-16(10-15(21-12)6-7-20-11-15)9-13-4-2-3-5-14(13)17(18)19/h2-5,12H,6-11H2,1H3/t12-,15+/m1/s1. The van der Waals surface area contributed by atoms with Gasteiger partial charge in [0.25, 0.3) is 5.69 Å². The predicted octanol–water partition coefficient (Wildman–Crippen LogP) is 1.97.